The van der Waals surface area contributed by atoms with Crippen LogP contribution in [0.2, 0.25) is 0 Å². The Morgan fingerprint density at radius 1 is 1.36 bits per heavy atom. The van der Waals surface area contributed by atoms with Crippen LogP contribution >= 0.6 is 0 Å². The smallest absolute Gasteiger partial charge is 0.211 e. The first-order chi connectivity index (χ1) is 6.54. The molecule has 2 unspecified atom stereocenters. The molecule has 1 N–H and O–H groups in total. The summed E-state index contributed by atoms with van der Waals surface area (Å²) in [6.45, 7) is 0.703. The van der Waals surface area contributed by atoms with Crippen LogP contribution in [-0.2, 0) is 10.0 Å². The van der Waals surface area contributed by atoms with Gasteiger partial charge >= 0.3 is 0 Å². The molecule has 2 fully saturated rings. The fraction of sp³-hybridized carbons (Fsp3) is 1.00. The third-order valence-corrected chi connectivity index (χ3v) is 4.62. The standard InChI is InChI=1S/C9H18N2O2S/c1-10-9(7-3-4-7)8-5-6-11(8)14(2,12)13/h7-10H,3-6H2,1-2H3. The molecule has 14 heavy (non-hydrogen) atoms. The molecule has 0 spiro atoms. The summed E-state index contributed by atoms with van der Waals surface area (Å²) in [6, 6.07) is 0.584. The summed E-state index contributed by atoms with van der Waals surface area (Å²) in [6.07, 6.45) is 4.81. The molecule has 0 aromatic heterocycles. The molecule has 0 aromatic rings. The molecule has 1 aliphatic carbocycles. The summed E-state index contributed by atoms with van der Waals surface area (Å²) >= 11 is 0. The van der Waals surface area contributed by atoms with E-state index in [4.69, 9.17) is 0 Å². The molecule has 2 aliphatic rings. The minimum Gasteiger partial charge on any atom is -0.315 e. The second-order valence-electron chi connectivity index (χ2n) is 4.38. The van der Waals surface area contributed by atoms with Gasteiger partial charge in [0.25, 0.3) is 0 Å². The van der Waals surface area contributed by atoms with Crippen LogP contribution in [0, 0.1) is 5.92 Å². The number of likely N-dealkylation sites (N-methyl/N-ethyl adjacent to an activating group) is 1. The zero-order chi connectivity index (χ0) is 10.3. The summed E-state index contributed by atoms with van der Waals surface area (Å²) in [5.41, 5.74) is 0. The van der Waals surface area contributed by atoms with E-state index in [9.17, 15) is 8.42 Å². The Kier molecular flexibility index (Phi) is 2.57. The number of nitrogens with one attached hydrogen (secondary N) is 1. The van der Waals surface area contributed by atoms with E-state index >= 15 is 0 Å². The van der Waals surface area contributed by atoms with Gasteiger partial charge in [-0.15, -0.1) is 0 Å². The summed E-state index contributed by atoms with van der Waals surface area (Å²) < 4.78 is 24.4. The Morgan fingerprint density at radius 3 is 2.29 bits per heavy atom. The number of hydrogen-bond acceptors (Lipinski definition) is 3. The lowest BCUT2D eigenvalue weighted by Crippen LogP contribution is -2.60. The number of nitrogens with zero attached hydrogens (tertiary/aromatic N) is 1. The third-order valence-electron chi connectivity index (χ3n) is 3.32. The van der Waals surface area contributed by atoms with Crippen molar-refractivity contribution in [3.63, 3.8) is 0 Å². The van der Waals surface area contributed by atoms with Gasteiger partial charge in [0.15, 0.2) is 0 Å². The van der Waals surface area contributed by atoms with Crippen molar-refractivity contribution in [1.29, 1.82) is 0 Å². The fourth-order valence-electron chi connectivity index (χ4n) is 2.35. The first-order valence-corrected chi connectivity index (χ1v) is 7.03. The Bertz CT molecular complexity index is 311. The fourth-order valence-corrected chi connectivity index (χ4v) is 3.52. The van der Waals surface area contributed by atoms with E-state index in [-0.39, 0.29) is 6.04 Å². The van der Waals surface area contributed by atoms with Gasteiger partial charge in [-0.05, 0) is 32.2 Å². The van der Waals surface area contributed by atoms with Gasteiger partial charge in [-0.3, -0.25) is 0 Å². The topological polar surface area (TPSA) is 49.4 Å². The summed E-state index contributed by atoms with van der Waals surface area (Å²) in [7, 11) is -1.05. The van der Waals surface area contributed by atoms with Crippen LogP contribution in [0.1, 0.15) is 19.3 Å². The van der Waals surface area contributed by atoms with E-state index in [1.54, 1.807) is 4.31 Å². The highest BCUT2D eigenvalue weighted by atomic mass is 32.2. The lowest BCUT2D eigenvalue weighted by atomic mass is 9.95. The van der Waals surface area contributed by atoms with Gasteiger partial charge in [0.1, 0.15) is 0 Å². The molecule has 1 aliphatic heterocycles. The number of hydrogen-bond donors (Lipinski definition) is 1. The quantitative estimate of drug-likeness (QED) is 0.723. The molecule has 0 aromatic carbocycles. The molecular formula is C9H18N2O2S. The second-order valence-corrected chi connectivity index (χ2v) is 6.32. The molecule has 1 heterocycles. The molecule has 0 amide bonds. The van der Waals surface area contributed by atoms with E-state index in [1.165, 1.54) is 19.1 Å². The van der Waals surface area contributed by atoms with Crippen LogP contribution in [0.15, 0.2) is 0 Å². The van der Waals surface area contributed by atoms with Crippen molar-refractivity contribution in [2.24, 2.45) is 5.92 Å². The summed E-state index contributed by atoms with van der Waals surface area (Å²) in [5, 5.41) is 3.26. The Morgan fingerprint density at radius 2 is 2.00 bits per heavy atom. The molecule has 4 nitrogen and oxygen atoms in total. The first-order valence-electron chi connectivity index (χ1n) is 5.18. The molecule has 5 heteroatoms. The largest absolute Gasteiger partial charge is 0.315 e. The van der Waals surface area contributed by atoms with Crippen LogP contribution in [0.4, 0.5) is 0 Å². The van der Waals surface area contributed by atoms with E-state index in [0.717, 1.165) is 6.42 Å². The van der Waals surface area contributed by atoms with Crippen molar-refractivity contribution in [2.45, 2.75) is 31.3 Å². The Balaban J connectivity index is 2.04. The maximum atomic E-state index is 11.4. The molecule has 1 saturated carbocycles. The molecule has 82 valence electrons. The van der Waals surface area contributed by atoms with Gasteiger partial charge in [-0.25, -0.2) is 8.42 Å². The monoisotopic (exact) mass is 218 g/mol. The normalized spacial score (nSPS) is 31.1. The zero-order valence-corrected chi connectivity index (χ0v) is 9.55. The molecule has 1 saturated heterocycles. The van der Waals surface area contributed by atoms with E-state index in [1.807, 2.05) is 7.05 Å². The molecule has 0 radical (unpaired) electrons. The summed E-state index contributed by atoms with van der Waals surface area (Å²) in [4.78, 5) is 0. The van der Waals surface area contributed by atoms with E-state index < -0.39 is 10.0 Å². The minimum atomic E-state index is -2.98. The third kappa shape index (κ3) is 1.81. The van der Waals surface area contributed by atoms with Crippen molar-refractivity contribution in [1.82, 2.24) is 9.62 Å². The van der Waals surface area contributed by atoms with Crippen molar-refractivity contribution in [2.75, 3.05) is 19.8 Å². The predicted octanol–water partition coefficient (Wildman–Crippen LogP) is 0.0183. The molecule has 2 atom stereocenters. The Hall–Kier alpha value is -0.130. The van der Waals surface area contributed by atoms with Gasteiger partial charge in [-0.2, -0.15) is 4.31 Å². The van der Waals surface area contributed by atoms with Crippen molar-refractivity contribution in [3.8, 4) is 0 Å². The maximum absolute atomic E-state index is 11.4. The number of rotatable bonds is 4. The maximum Gasteiger partial charge on any atom is 0.211 e. The number of sulfonamides is 1. The highest BCUT2D eigenvalue weighted by Gasteiger charge is 2.45. The van der Waals surface area contributed by atoms with E-state index in [0.29, 0.717) is 18.5 Å². The predicted molar refractivity (Wildman–Crippen MR) is 55.5 cm³/mol. The van der Waals surface area contributed by atoms with E-state index in [2.05, 4.69) is 5.32 Å². The highest BCUT2D eigenvalue weighted by Crippen LogP contribution is 2.38. The Labute approximate surface area is 85.7 Å². The summed E-state index contributed by atoms with van der Waals surface area (Å²) in [5.74, 6) is 0.703. The lowest BCUT2D eigenvalue weighted by Gasteiger charge is -2.43. The van der Waals surface area contributed by atoms with Crippen LogP contribution in [-0.4, -0.2) is 44.7 Å². The van der Waals surface area contributed by atoms with Gasteiger partial charge in [0.2, 0.25) is 10.0 Å². The van der Waals surface area contributed by atoms with Gasteiger partial charge in [0, 0.05) is 18.6 Å². The zero-order valence-electron chi connectivity index (χ0n) is 8.73. The average Bonchev–Trinajstić information content (AvgIpc) is 2.75. The van der Waals surface area contributed by atoms with Gasteiger partial charge in [0.05, 0.1) is 6.26 Å². The minimum absolute atomic E-state index is 0.211. The lowest BCUT2D eigenvalue weighted by molar-refractivity contribution is 0.145. The first kappa shape index (κ1) is 10.4. The van der Waals surface area contributed by atoms with Crippen molar-refractivity contribution < 1.29 is 8.42 Å². The van der Waals surface area contributed by atoms with Crippen molar-refractivity contribution >= 4 is 10.0 Å². The van der Waals surface area contributed by atoms with Crippen molar-refractivity contribution in [3.05, 3.63) is 0 Å². The molecule has 2 rings (SSSR count). The molecular weight excluding hydrogens is 200 g/mol. The highest BCUT2D eigenvalue weighted by molar-refractivity contribution is 7.88. The van der Waals surface area contributed by atoms with Crippen LogP contribution in [0.3, 0.4) is 0 Å². The van der Waals surface area contributed by atoms with Crippen LogP contribution in [0.25, 0.3) is 0 Å². The van der Waals surface area contributed by atoms with Gasteiger partial charge in [-0.1, -0.05) is 0 Å². The van der Waals surface area contributed by atoms with Crippen LogP contribution < -0.4 is 5.32 Å². The SMILES string of the molecule is CNC(C1CC1)C1CCN1S(C)(=O)=O. The average molecular weight is 218 g/mol. The second kappa shape index (κ2) is 3.47. The van der Waals surface area contributed by atoms with Gasteiger partial charge < -0.3 is 5.32 Å². The molecule has 0 bridgehead atoms. The van der Waals surface area contributed by atoms with Crippen LogP contribution in [0.5, 0.6) is 0 Å².